The molecular weight excluding hydrogens is 255 g/mol. The van der Waals surface area contributed by atoms with Gasteiger partial charge in [0, 0.05) is 10.3 Å². The van der Waals surface area contributed by atoms with Crippen molar-refractivity contribution in [2.75, 3.05) is 0 Å². The van der Waals surface area contributed by atoms with E-state index in [1.54, 1.807) is 0 Å². The summed E-state index contributed by atoms with van der Waals surface area (Å²) in [5.41, 5.74) is 0. The summed E-state index contributed by atoms with van der Waals surface area (Å²) < 4.78 is 5.77. The summed E-state index contributed by atoms with van der Waals surface area (Å²) in [6.45, 7) is 1.83. The number of ether oxygens (including phenoxy) is 1. The quantitative estimate of drug-likeness (QED) is 0.436. The van der Waals surface area contributed by atoms with Crippen LogP contribution < -0.4 is 0 Å². The molecule has 1 aliphatic rings. The Hall–Kier alpha value is 0.200. The molecule has 1 saturated carbocycles. The van der Waals surface area contributed by atoms with Gasteiger partial charge in [-0.25, -0.2) is 0 Å². The molecule has 1 unspecified atom stereocenters. The van der Waals surface area contributed by atoms with Crippen molar-refractivity contribution in [2.24, 2.45) is 0 Å². The summed E-state index contributed by atoms with van der Waals surface area (Å²) in [6.07, 6.45) is 4.15. The van der Waals surface area contributed by atoms with Crippen LogP contribution in [0.5, 0.6) is 0 Å². The van der Waals surface area contributed by atoms with Gasteiger partial charge in [0.15, 0.2) is 0 Å². The third kappa shape index (κ3) is 2.61. The van der Waals surface area contributed by atoms with Gasteiger partial charge >= 0.3 is 5.97 Å². The average molecular weight is 268 g/mol. The van der Waals surface area contributed by atoms with E-state index in [1.807, 2.05) is 6.92 Å². The summed E-state index contributed by atoms with van der Waals surface area (Å²) in [6, 6.07) is 0. The summed E-state index contributed by atoms with van der Waals surface area (Å²) in [4.78, 5) is 10.9. The topological polar surface area (TPSA) is 26.3 Å². The Balaban J connectivity index is 2.30. The fourth-order valence-electron chi connectivity index (χ4n) is 1.27. The zero-order valence-corrected chi connectivity index (χ0v) is 8.84. The van der Waals surface area contributed by atoms with E-state index in [-0.39, 0.29) is 12.1 Å². The number of carbonyl (C=O) groups excluding carboxylic acids is 1. The predicted molar refractivity (Wildman–Crippen MR) is 51.8 cm³/mol. The normalized spacial score (nSPS) is 30.4. The molecule has 0 aromatic rings. The molecule has 0 aromatic heterocycles. The second-order valence-electron chi connectivity index (χ2n) is 2.83. The van der Waals surface area contributed by atoms with E-state index >= 15 is 0 Å². The summed E-state index contributed by atoms with van der Waals surface area (Å²) in [5.74, 6) is -0.0569. The molecule has 0 aromatic carbocycles. The van der Waals surface area contributed by atoms with E-state index < -0.39 is 0 Å². The van der Waals surface area contributed by atoms with Gasteiger partial charge in [-0.2, -0.15) is 0 Å². The van der Waals surface area contributed by atoms with Crippen LogP contribution in [0.1, 0.15) is 32.6 Å². The lowest BCUT2D eigenvalue weighted by atomic mass is 10.3. The first-order valence-corrected chi connectivity index (χ1v) is 5.32. The highest BCUT2D eigenvalue weighted by Crippen LogP contribution is 2.28. The maximum Gasteiger partial charge on any atom is 0.305 e. The van der Waals surface area contributed by atoms with Crippen molar-refractivity contribution in [3.8, 4) is 0 Å². The zero-order valence-electron chi connectivity index (χ0n) is 6.68. The van der Waals surface area contributed by atoms with Crippen LogP contribution in [0.2, 0.25) is 0 Å². The first-order chi connectivity index (χ1) is 5.24. The molecule has 0 radical (unpaired) electrons. The van der Waals surface area contributed by atoms with Crippen LogP contribution in [0.25, 0.3) is 0 Å². The van der Waals surface area contributed by atoms with Crippen LogP contribution in [0.4, 0.5) is 0 Å². The zero-order chi connectivity index (χ0) is 8.27. The Morgan fingerprint density at radius 2 is 2.36 bits per heavy atom. The van der Waals surface area contributed by atoms with Crippen molar-refractivity contribution in [1.82, 2.24) is 0 Å². The first kappa shape index (κ1) is 9.29. The predicted octanol–water partition coefficient (Wildman–Crippen LogP) is 2.30. The summed E-state index contributed by atoms with van der Waals surface area (Å²) >= 11 is 2.37. The van der Waals surface area contributed by atoms with Gasteiger partial charge in [0.1, 0.15) is 6.10 Å². The first-order valence-electron chi connectivity index (χ1n) is 4.07. The number of halogens is 1. The summed E-state index contributed by atoms with van der Waals surface area (Å²) in [7, 11) is 0. The molecule has 0 spiro atoms. The van der Waals surface area contributed by atoms with Crippen molar-refractivity contribution in [2.45, 2.75) is 42.6 Å². The molecule has 3 heteroatoms. The van der Waals surface area contributed by atoms with Gasteiger partial charge in [0.25, 0.3) is 0 Å². The molecule has 0 aliphatic heterocycles. The van der Waals surface area contributed by atoms with E-state index in [4.69, 9.17) is 4.74 Å². The largest absolute Gasteiger partial charge is 0.461 e. The fourth-order valence-corrected chi connectivity index (χ4v) is 2.21. The Bertz CT molecular complexity index is 147. The Morgan fingerprint density at radius 3 is 2.82 bits per heavy atom. The average Bonchev–Trinajstić information content (AvgIpc) is 2.37. The maximum atomic E-state index is 10.9. The highest BCUT2D eigenvalue weighted by Gasteiger charge is 2.27. The standard InChI is InChI=1S/C8H13IO2/c1-2-8(10)11-7-5-3-4-6(7)9/h6-7H,2-5H2,1H3/t6?,7-/m0/s1. The number of hydrogen-bond donors (Lipinski definition) is 0. The van der Waals surface area contributed by atoms with E-state index in [1.165, 1.54) is 12.8 Å². The van der Waals surface area contributed by atoms with Gasteiger partial charge in [-0.1, -0.05) is 29.5 Å². The van der Waals surface area contributed by atoms with Crippen LogP contribution in [0, 0.1) is 0 Å². The third-order valence-corrected chi connectivity index (χ3v) is 3.37. The van der Waals surface area contributed by atoms with Crippen LogP contribution in [0.3, 0.4) is 0 Å². The van der Waals surface area contributed by atoms with Gasteiger partial charge in [0.2, 0.25) is 0 Å². The second kappa shape index (κ2) is 4.28. The summed E-state index contributed by atoms with van der Waals surface area (Å²) in [5, 5.41) is 0. The van der Waals surface area contributed by atoms with E-state index in [2.05, 4.69) is 22.6 Å². The number of esters is 1. The fraction of sp³-hybridized carbons (Fsp3) is 0.875. The van der Waals surface area contributed by atoms with Crippen molar-refractivity contribution in [3.05, 3.63) is 0 Å². The lowest BCUT2D eigenvalue weighted by Crippen LogP contribution is -2.21. The third-order valence-electron chi connectivity index (χ3n) is 1.94. The number of carbonyl (C=O) groups is 1. The molecule has 1 fully saturated rings. The Morgan fingerprint density at radius 1 is 1.64 bits per heavy atom. The smallest absolute Gasteiger partial charge is 0.305 e. The molecular formula is C8H13IO2. The molecule has 2 atom stereocenters. The SMILES string of the molecule is CCC(=O)O[C@H]1CCCC1I. The minimum atomic E-state index is -0.0569. The van der Waals surface area contributed by atoms with Gasteiger partial charge in [0.05, 0.1) is 0 Å². The van der Waals surface area contributed by atoms with E-state index in [0.717, 1.165) is 6.42 Å². The van der Waals surface area contributed by atoms with Crippen LogP contribution in [-0.4, -0.2) is 16.0 Å². The van der Waals surface area contributed by atoms with Crippen LogP contribution in [0.15, 0.2) is 0 Å². The number of alkyl halides is 1. The van der Waals surface area contributed by atoms with Crippen LogP contribution in [-0.2, 0) is 9.53 Å². The molecule has 0 heterocycles. The van der Waals surface area contributed by atoms with Crippen molar-refractivity contribution in [1.29, 1.82) is 0 Å². The monoisotopic (exact) mass is 268 g/mol. The Labute approximate surface area is 80.8 Å². The molecule has 0 N–H and O–H groups in total. The minimum absolute atomic E-state index is 0.0569. The minimum Gasteiger partial charge on any atom is -0.461 e. The van der Waals surface area contributed by atoms with Crippen LogP contribution >= 0.6 is 22.6 Å². The molecule has 0 bridgehead atoms. The maximum absolute atomic E-state index is 10.9. The Kier molecular flexibility index (Phi) is 3.62. The molecule has 2 nitrogen and oxygen atoms in total. The molecule has 11 heavy (non-hydrogen) atoms. The lowest BCUT2D eigenvalue weighted by Gasteiger charge is -2.14. The van der Waals surface area contributed by atoms with Crippen molar-refractivity contribution < 1.29 is 9.53 Å². The number of hydrogen-bond acceptors (Lipinski definition) is 2. The molecule has 0 amide bonds. The van der Waals surface area contributed by atoms with Crippen molar-refractivity contribution >= 4 is 28.6 Å². The van der Waals surface area contributed by atoms with Gasteiger partial charge in [-0.3, -0.25) is 4.79 Å². The molecule has 0 saturated heterocycles. The molecule has 1 rings (SSSR count). The highest BCUT2D eigenvalue weighted by atomic mass is 127. The lowest BCUT2D eigenvalue weighted by molar-refractivity contribution is -0.147. The van der Waals surface area contributed by atoms with Gasteiger partial charge in [-0.05, 0) is 19.3 Å². The second-order valence-corrected chi connectivity index (χ2v) is 4.43. The number of rotatable bonds is 2. The molecule has 1 aliphatic carbocycles. The van der Waals surface area contributed by atoms with Crippen molar-refractivity contribution in [3.63, 3.8) is 0 Å². The van der Waals surface area contributed by atoms with Gasteiger partial charge < -0.3 is 4.74 Å². The molecule has 64 valence electrons. The van der Waals surface area contributed by atoms with E-state index in [0.29, 0.717) is 10.3 Å². The van der Waals surface area contributed by atoms with Gasteiger partial charge in [-0.15, -0.1) is 0 Å². The van der Waals surface area contributed by atoms with E-state index in [9.17, 15) is 4.79 Å². The highest BCUT2D eigenvalue weighted by molar-refractivity contribution is 14.1.